The van der Waals surface area contributed by atoms with Crippen molar-refractivity contribution in [1.29, 1.82) is 0 Å². The minimum Gasteiger partial charge on any atom is -0.477 e. The molecule has 2 saturated heterocycles. The zero-order chi connectivity index (χ0) is 28.6. The second-order valence-corrected chi connectivity index (χ2v) is 12.0. The van der Waals surface area contributed by atoms with E-state index in [1.165, 1.54) is 12.1 Å². The van der Waals surface area contributed by atoms with Gasteiger partial charge in [0.05, 0.1) is 23.5 Å². The number of carbonyl (C=O) groups is 2. The Balaban J connectivity index is 1.31. The Labute approximate surface area is 242 Å². The van der Waals surface area contributed by atoms with Crippen molar-refractivity contribution >= 4 is 46.4 Å². The fraction of sp³-hybridized carbons (Fsp3) is 0.414. The monoisotopic (exact) mass is 581 g/mol. The highest BCUT2D eigenvalue weighted by Gasteiger charge is 2.58. The molecule has 5 rings (SSSR count). The molecule has 1 amide bonds. The first-order valence-electron chi connectivity index (χ1n) is 13.3. The molecular formula is C29H31N3O6S2. The Kier molecular flexibility index (Phi) is 8.37. The zero-order valence-electron chi connectivity index (χ0n) is 22.3. The Morgan fingerprint density at radius 1 is 1.23 bits per heavy atom. The molecule has 0 aromatic heterocycles. The molecule has 0 radical (unpaired) electrons. The lowest BCUT2D eigenvalue weighted by molar-refractivity contribution is -0.384. The quantitative estimate of drug-likeness (QED) is 0.143. The van der Waals surface area contributed by atoms with Crippen LogP contribution >= 0.6 is 24.0 Å². The third-order valence-electron chi connectivity index (χ3n) is 7.73. The summed E-state index contributed by atoms with van der Waals surface area (Å²) in [5.41, 5.74) is 3.08. The van der Waals surface area contributed by atoms with Crippen LogP contribution < -0.4 is 0 Å². The second-order valence-electron chi connectivity index (χ2n) is 10.4. The van der Waals surface area contributed by atoms with Gasteiger partial charge in [-0.3, -0.25) is 29.5 Å². The zero-order valence-corrected chi connectivity index (χ0v) is 24.0. The number of hydrogen-bond donors (Lipinski definition) is 1. The number of ketones is 1. The van der Waals surface area contributed by atoms with Crippen molar-refractivity contribution in [3.63, 3.8) is 0 Å². The molecule has 4 atom stereocenters. The number of carbonyl (C=O) groups excluding carboxylic acids is 2. The first-order valence-corrected chi connectivity index (χ1v) is 14.6. The number of nitrogens with zero attached hydrogens (tertiary/aromatic N) is 3. The number of benzene rings is 2. The molecule has 2 aromatic carbocycles. The van der Waals surface area contributed by atoms with Gasteiger partial charge in [0.25, 0.3) is 5.69 Å². The number of amides is 1. The predicted molar refractivity (Wildman–Crippen MR) is 156 cm³/mol. The molecule has 0 unspecified atom stereocenters. The van der Waals surface area contributed by atoms with Crippen LogP contribution in [0.3, 0.4) is 0 Å². The van der Waals surface area contributed by atoms with Crippen LogP contribution in [0, 0.1) is 28.9 Å². The number of non-ortho nitro benzene ring substituents is 1. The van der Waals surface area contributed by atoms with Crippen molar-refractivity contribution < 1.29 is 24.4 Å². The second kappa shape index (κ2) is 11.8. The average molecular weight is 582 g/mol. The van der Waals surface area contributed by atoms with Crippen molar-refractivity contribution in [2.45, 2.75) is 44.8 Å². The smallest absolute Gasteiger partial charge is 0.269 e. The van der Waals surface area contributed by atoms with E-state index in [1.54, 1.807) is 28.8 Å². The van der Waals surface area contributed by atoms with Gasteiger partial charge in [0.1, 0.15) is 17.7 Å². The number of likely N-dealkylation sites (tertiary alicyclic amines) is 1. The number of Topliss-reactive ketones (excluding diaryl/α,β-unsaturated/α-hetero) is 1. The van der Waals surface area contributed by atoms with Gasteiger partial charge < -0.3 is 9.84 Å². The largest absolute Gasteiger partial charge is 0.477 e. The molecule has 2 fully saturated rings. The number of nitro groups is 1. The highest BCUT2D eigenvalue weighted by Crippen LogP contribution is 2.54. The lowest BCUT2D eigenvalue weighted by Crippen LogP contribution is -2.61. The van der Waals surface area contributed by atoms with E-state index in [2.05, 4.69) is 4.90 Å². The fourth-order valence-electron chi connectivity index (χ4n) is 5.41. The van der Waals surface area contributed by atoms with Crippen LogP contribution in [0.2, 0.25) is 0 Å². The Morgan fingerprint density at radius 3 is 2.58 bits per heavy atom. The van der Waals surface area contributed by atoms with Gasteiger partial charge in [0.2, 0.25) is 11.0 Å². The third kappa shape index (κ3) is 5.56. The van der Waals surface area contributed by atoms with Gasteiger partial charge in [-0.1, -0.05) is 36.8 Å². The van der Waals surface area contributed by atoms with Crippen LogP contribution in [0.15, 0.2) is 59.1 Å². The molecule has 0 spiro atoms. The van der Waals surface area contributed by atoms with Crippen LogP contribution in [-0.2, 0) is 16.1 Å². The number of ether oxygens (including phenoxy) is 1. The molecule has 40 heavy (non-hydrogen) atoms. The van der Waals surface area contributed by atoms with E-state index in [4.69, 9.17) is 17.0 Å². The van der Waals surface area contributed by atoms with Gasteiger partial charge in [0.15, 0.2) is 5.78 Å². The van der Waals surface area contributed by atoms with Crippen LogP contribution in [0.1, 0.15) is 41.3 Å². The minimum absolute atomic E-state index is 0.00953. The van der Waals surface area contributed by atoms with Crippen LogP contribution in [0.25, 0.3) is 0 Å². The normalized spacial score (nSPS) is 23.1. The van der Waals surface area contributed by atoms with Gasteiger partial charge >= 0.3 is 0 Å². The molecule has 210 valence electrons. The van der Waals surface area contributed by atoms with Crippen molar-refractivity contribution in [3.8, 4) is 0 Å². The Hall–Kier alpha value is -3.12. The maximum absolute atomic E-state index is 13.2. The lowest BCUT2D eigenvalue weighted by atomic mass is 9.89. The van der Waals surface area contributed by atoms with Gasteiger partial charge in [-0.2, -0.15) is 0 Å². The first-order chi connectivity index (χ1) is 19.2. The van der Waals surface area contributed by atoms with Gasteiger partial charge in [-0.25, -0.2) is 0 Å². The number of nitro benzene ring substituents is 1. The number of thiocarbonyl (C=S) groups is 1. The maximum atomic E-state index is 13.2. The summed E-state index contributed by atoms with van der Waals surface area (Å²) in [5, 5.41) is 21.4. The summed E-state index contributed by atoms with van der Waals surface area (Å²) in [6, 6.07) is 13.6. The van der Waals surface area contributed by atoms with E-state index in [0.717, 1.165) is 23.4 Å². The summed E-state index contributed by atoms with van der Waals surface area (Å²) in [5.74, 6) is -0.520. The van der Waals surface area contributed by atoms with E-state index in [9.17, 15) is 24.8 Å². The van der Waals surface area contributed by atoms with Crippen molar-refractivity contribution in [2.24, 2.45) is 11.8 Å². The van der Waals surface area contributed by atoms with Crippen molar-refractivity contribution in [3.05, 3.63) is 85.9 Å². The van der Waals surface area contributed by atoms with Crippen LogP contribution in [0.4, 0.5) is 5.69 Å². The van der Waals surface area contributed by atoms with Crippen LogP contribution in [0.5, 0.6) is 0 Å². The predicted octanol–water partition coefficient (Wildman–Crippen LogP) is 4.47. The molecule has 9 nitrogen and oxygen atoms in total. The third-order valence-corrected chi connectivity index (χ3v) is 9.57. The summed E-state index contributed by atoms with van der Waals surface area (Å²) in [6.07, 6.45) is 0.558. The van der Waals surface area contributed by atoms with E-state index < -0.39 is 16.9 Å². The van der Waals surface area contributed by atoms with Gasteiger partial charge in [-0.05, 0) is 56.2 Å². The Morgan fingerprint density at radius 2 is 1.93 bits per heavy atom. The molecule has 3 aliphatic rings. The summed E-state index contributed by atoms with van der Waals surface area (Å²) in [4.78, 5) is 41.3. The number of β-lactam (4-membered cyclic amide) rings is 1. The van der Waals surface area contributed by atoms with Gasteiger partial charge in [0, 0.05) is 35.1 Å². The average Bonchev–Trinajstić information content (AvgIpc) is 3.54. The lowest BCUT2D eigenvalue weighted by Gasteiger charge is -2.44. The minimum atomic E-state index is -0.733. The number of fused-ring (bicyclic) bond motifs is 1. The highest BCUT2D eigenvalue weighted by molar-refractivity contribution is 8.04. The number of thioether (sulfide) groups is 1. The highest BCUT2D eigenvalue weighted by atomic mass is 32.2. The van der Waals surface area contributed by atoms with E-state index >= 15 is 0 Å². The number of hydrogen-bond acceptors (Lipinski definition) is 9. The summed E-state index contributed by atoms with van der Waals surface area (Å²) >= 11 is 7.26. The summed E-state index contributed by atoms with van der Waals surface area (Å²) in [6.45, 7) is 5.67. The summed E-state index contributed by atoms with van der Waals surface area (Å²) < 4.78 is 5.95. The maximum Gasteiger partial charge on any atom is 0.269 e. The molecule has 3 heterocycles. The number of rotatable bonds is 10. The van der Waals surface area contributed by atoms with E-state index in [-0.39, 0.29) is 40.3 Å². The SMILES string of the molecule is CC[C@H](O)[C@@H]1C(=O)N2C(C(=S)OCc3ccc([N+](=O)[O-])cc3)=C([C@H]3CCN(CC(=O)c4ccc(C)cc4)C3)S[C@H]12. The number of aryl methyl sites for hydroxylation is 1. The molecule has 0 saturated carbocycles. The molecule has 3 aliphatic heterocycles. The fourth-order valence-corrected chi connectivity index (χ4v) is 7.45. The molecule has 2 aromatic rings. The molecule has 11 heteroatoms. The van der Waals surface area contributed by atoms with E-state index in [0.29, 0.717) is 36.3 Å². The summed E-state index contributed by atoms with van der Waals surface area (Å²) in [7, 11) is 0. The molecule has 1 N–H and O–H groups in total. The molecule has 0 aliphatic carbocycles. The van der Waals surface area contributed by atoms with Crippen molar-refractivity contribution in [2.75, 3.05) is 19.6 Å². The number of aliphatic hydroxyl groups excluding tert-OH is 1. The Bertz CT molecular complexity index is 1360. The standard InChI is InChI=1S/C29H31N3O6S2/c1-3-22(33)24-27(35)31-25(29(39)38-16-18-6-10-21(11-7-18)32(36)37)26(40-28(24)31)20-12-13-30(14-20)15-23(34)19-8-4-17(2)5-9-19/h4-11,20,22,24,28,33H,3,12-16H2,1-2H3/t20-,22-,24+,28+/m0/s1. The molecule has 0 bridgehead atoms. The van der Waals surface area contributed by atoms with Crippen LogP contribution in [-0.4, -0.2) is 67.7 Å². The topological polar surface area (TPSA) is 113 Å². The van der Waals surface area contributed by atoms with Gasteiger partial charge in [-0.15, -0.1) is 11.8 Å². The van der Waals surface area contributed by atoms with Crippen molar-refractivity contribution in [1.82, 2.24) is 9.80 Å². The van der Waals surface area contributed by atoms with E-state index in [1.807, 2.05) is 38.1 Å². The number of aliphatic hydroxyl groups is 1. The molecular weight excluding hydrogens is 550 g/mol. The first kappa shape index (κ1) is 28.4.